The first-order chi connectivity index (χ1) is 29.9. The van der Waals surface area contributed by atoms with Gasteiger partial charge in [0, 0.05) is 16.7 Å². The van der Waals surface area contributed by atoms with Gasteiger partial charge in [-0.2, -0.15) is 0 Å². The second-order valence-corrected chi connectivity index (χ2v) is 28.4. The second-order valence-electron chi connectivity index (χ2n) is 18.2. The van der Waals surface area contributed by atoms with Crippen molar-refractivity contribution in [1.82, 2.24) is 15.0 Å². The van der Waals surface area contributed by atoms with Gasteiger partial charge in [-0.15, -0.1) is 0 Å². The Bertz CT molecular complexity index is 3030. The molecule has 5 heteroatoms. The Labute approximate surface area is 368 Å². The monoisotopic (exact) mass is 833 g/mol. The van der Waals surface area contributed by atoms with Crippen LogP contribution in [0, 0.1) is 0 Å². The zero-order valence-corrected chi connectivity index (χ0v) is 38.4. The maximum Gasteiger partial charge on any atom is 0.164 e. The molecular weight excluding hydrogens is 783 g/mol. The maximum atomic E-state index is 5.16. The van der Waals surface area contributed by atoms with Crippen molar-refractivity contribution in [3.63, 3.8) is 0 Å². The van der Waals surface area contributed by atoms with Crippen molar-refractivity contribution in [2.24, 2.45) is 0 Å². The van der Waals surface area contributed by atoms with Crippen LogP contribution in [0.5, 0.6) is 0 Å². The second kappa shape index (κ2) is 16.9. The number of hydrogen-bond acceptors (Lipinski definition) is 3. The first kappa shape index (κ1) is 40.6. The lowest BCUT2D eigenvalue weighted by Gasteiger charge is -2.18. The van der Waals surface area contributed by atoms with E-state index in [9.17, 15) is 0 Å². The largest absolute Gasteiger partial charge is 0.208 e. The number of nitrogens with zero attached hydrogens (tertiary/aromatic N) is 3. The van der Waals surface area contributed by atoms with Gasteiger partial charge in [-0.05, 0) is 86.0 Å². The summed E-state index contributed by atoms with van der Waals surface area (Å²) in [5.41, 5.74) is 14.8. The zero-order valence-electron chi connectivity index (χ0n) is 36.4. The summed E-state index contributed by atoms with van der Waals surface area (Å²) in [4.78, 5) is 15.4. The lowest BCUT2D eigenvalue weighted by Crippen LogP contribution is -2.37. The number of rotatable bonds is 10. The minimum Gasteiger partial charge on any atom is -0.208 e. The molecule has 0 aliphatic carbocycles. The van der Waals surface area contributed by atoms with E-state index in [1.165, 1.54) is 49.3 Å². The Hall–Kier alpha value is -6.80. The molecule has 0 N–H and O–H groups in total. The van der Waals surface area contributed by atoms with Gasteiger partial charge in [0.2, 0.25) is 0 Å². The zero-order chi connectivity index (χ0) is 42.8. The van der Waals surface area contributed by atoms with Crippen LogP contribution < -0.4 is 10.4 Å². The molecule has 0 saturated carbocycles. The molecule has 1 heterocycles. The normalized spacial score (nSPS) is 11.7. The van der Waals surface area contributed by atoms with Crippen molar-refractivity contribution in [1.29, 1.82) is 0 Å². The standard InChI is InChI=1S/C57H51N3Si2/c1-61(2,3)53-32-30-41(31-33-53)55-58-56(60-57(59-55)52-28-15-29-54(39-52)62(4,5)6)51-27-14-26-50(38-51)49-25-13-24-48(37-49)47-23-12-22-46(36-47)45-21-11-20-44(35-45)43-19-10-18-42(34-43)40-16-8-7-9-17-40/h7-39H,1-6H3. The minimum absolute atomic E-state index is 0.664. The Morgan fingerprint density at radius 3 is 0.903 bits per heavy atom. The van der Waals surface area contributed by atoms with E-state index >= 15 is 0 Å². The van der Waals surface area contributed by atoms with E-state index in [1.54, 1.807) is 0 Å². The summed E-state index contributed by atoms with van der Waals surface area (Å²) < 4.78 is 0. The van der Waals surface area contributed by atoms with Crippen LogP contribution in [0.4, 0.5) is 0 Å². The molecule has 9 rings (SSSR count). The van der Waals surface area contributed by atoms with E-state index in [0.29, 0.717) is 17.5 Å². The Morgan fingerprint density at radius 2 is 0.516 bits per heavy atom. The predicted molar refractivity (Wildman–Crippen MR) is 269 cm³/mol. The number of hydrogen-bond donors (Lipinski definition) is 0. The highest BCUT2D eigenvalue weighted by Crippen LogP contribution is 2.34. The van der Waals surface area contributed by atoms with E-state index in [1.807, 2.05) is 0 Å². The topological polar surface area (TPSA) is 38.7 Å². The highest BCUT2D eigenvalue weighted by molar-refractivity contribution is 6.89. The fraction of sp³-hybridized carbons (Fsp3) is 0.105. The molecule has 0 radical (unpaired) electrons. The van der Waals surface area contributed by atoms with Crippen LogP contribution in [0.1, 0.15) is 0 Å². The van der Waals surface area contributed by atoms with E-state index in [0.717, 1.165) is 33.4 Å². The van der Waals surface area contributed by atoms with Gasteiger partial charge < -0.3 is 0 Å². The molecule has 0 bridgehead atoms. The number of benzene rings is 8. The first-order valence-corrected chi connectivity index (χ1v) is 28.5. The molecule has 0 spiro atoms. The molecule has 0 saturated heterocycles. The van der Waals surface area contributed by atoms with Gasteiger partial charge in [0.25, 0.3) is 0 Å². The Kier molecular flexibility index (Phi) is 11.1. The van der Waals surface area contributed by atoms with Crippen molar-refractivity contribution in [2.45, 2.75) is 39.3 Å². The molecular formula is C57H51N3Si2. The van der Waals surface area contributed by atoms with Gasteiger partial charge in [-0.25, -0.2) is 15.0 Å². The third-order valence-electron chi connectivity index (χ3n) is 11.6. The van der Waals surface area contributed by atoms with Gasteiger partial charge in [-0.1, -0.05) is 220 Å². The predicted octanol–water partition coefficient (Wildman–Crippen LogP) is 14.3. The molecule has 302 valence electrons. The summed E-state index contributed by atoms with van der Waals surface area (Å²) in [5.74, 6) is 2.04. The van der Waals surface area contributed by atoms with Crippen LogP contribution in [0.3, 0.4) is 0 Å². The van der Waals surface area contributed by atoms with E-state index < -0.39 is 16.1 Å². The van der Waals surface area contributed by atoms with Gasteiger partial charge in [0.15, 0.2) is 17.5 Å². The molecule has 0 aliphatic rings. The Balaban J connectivity index is 1.04. The molecule has 9 aromatic rings. The highest BCUT2D eigenvalue weighted by Gasteiger charge is 2.20. The molecule has 62 heavy (non-hydrogen) atoms. The third kappa shape index (κ3) is 8.96. The molecule has 0 fully saturated rings. The highest BCUT2D eigenvalue weighted by atomic mass is 28.3. The molecule has 0 unspecified atom stereocenters. The lowest BCUT2D eigenvalue weighted by molar-refractivity contribution is 1.07. The molecule has 8 aromatic carbocycles. The average molecular weight is 834 g/mol. The Morgan fingerprint density at radius 1 is 0.226 bits per heavy atom. The van der Waals surface area contributed by atoms with E-state index in [2.05, 4.69) is 239 Å². The fourth-order valence-corrected chi connectivity index (χ4v) is 10.3. The summed E-state index contributed by atoms with van der Waals surface area (Å²) in [5, 5.41) is 2.79. The molecule has 3 nitrogen and oxygen atoms in total. The van der Waals surface area contributed by atoms with Crippen molar-refractivity contribution in [3.05, 3.63) is 200 Å². The first-order valence-electron chi connectivity index (χ1n) is 21.5. The van der Waals surface area contributed by atoms with Crippen LogP contribution in [-0.2, 0) is 0 Å². The quantitative estimate of drug-likeness (QED) is 0.129. The van der Waals surface area contributed by atoms with Gasteiger partial charge in [0.05, 0.1) is 16.1 Å². The minimum atomic E-state index is -1.57. The van der Waals surface area contributed by atoms with Gasteiger partial charge >= 0.3 is 0 Å². The van der Waals surface area contributed by atoms with Crippen LogP contribution >= 0.6 is 0 Å². The smallest absolute Gasteiger partial charge is 0.164 e. The molecule has 1 aromatic heterocycles. The lowest BCUT2D eigenvalue weighted by atomic mass is 9.94. The summed E-state index contributed by atoms with van der Waals surface area (Å²) in [6.45, 7) is 14.2. The maximum absolute atomic E-state index is 5.16. The van der Waals surface area contributed by atoms with Gasteiger partial charge in [0.1, 0.15) is 0 Å². The van der Waals surface area contributed by atoms with E-state index in [4.69, 9.17) is 15.0 Å². The van der Waals surface area contributed by atoms with Crippen molar-refractivity contribution >= 4 is 26.5 Å². The van der Waals surface area contributed by atoms with Crippen LogP contribution in [0.2, 0.25) is 39.3 Å². The summed E-state index contributed by atoms with van der Waals surface area (Å²) >= 11 is 0. The van der Waals surface area contributed by atoms with Crippen molar-refractivity contribution in [3.8, 4) is 89.8 Å². The summed E-state index contributed by atoms with van der Waals surface area (Å²) in [7, 11) is -3.03. The van der Waals surface area contributed by atoms with Crippen LogP contribution in [-0.4, -0.2) is 31.1 Å². The molecule has 0 aliphatic heterocycles. The van der Waals surface area contributed by atoms with Crippen molar-refractivity contribution < 1.29 is 0 Å². The van der Waals surface area contributed by atoms with Crippen molar-refractivity contribution in [2.75, 3.05) is 0 Å². The fourth-order valence-electron chi connectivity index (χ4n) is 7.99. The summed E-state index contributed by atoms with van der Waals surface area (Å²) in [6, 6.07) is 72.2. The van der Waals surface area contributed by atoms with Gasteiger partial charge in [-0.3, -0.25) is 0 Å². The molecule has 0 atom stereocenters. The summed E-state index contributed by atoms with van der Waals surface area (Å²) in [6.07, 6.45) is 0. The number of aromatic nitrogens is 3. The SMILES string of the molecule is C[Si](C)(C)c1ccc(-c2nc(-c3cccc(-c4cccc(-c5cccc(-c6cccc(-c7cccc(-c8ccccc8)c7)c6)c5)c4)c3)nc(-c3cccc([Si](C)(C)C)c3)n2)cc1. The van der Waals surface area contributed by atoms with Crippen LogP contribution in [0.25, 0.3) is 89.8 Å². The van der Waals surface area contributed by atoms with E-state index in [-0.39, 0.29) is 0 Å². The van der Waals surface area contributed by atoms with Crippen LogP contribution in [0.15, 0.2) is 200 Å². The molecule has 0 amide bonds. The third-order valence-corrected chi connectivity index (χ3v) is 15.8. The average Bonchev–Trinajstić information content (AvgIpc) is 3.31.